The summed E-state index contributed by atoms with van der Waals surface area (Å²) in [4.78, 5) is 16.5. The monoisotopic (exact) mass is 490 g/mol. The minimum absolute atomic E-state index is 0.0329. The van der Waals surface area contributed by atoms with Gasteiger partial charge in [-0.25, -0.2) is 4.79 Å². The van der Waals surface area contributed by atoms with Gasteiger partial charge in [0.15, 0.2) is 0 Å². The van der Waals surface area contributed by atoms with Gasteiger partial charge in [-0.1, -0.05) is 50.2 Å². The Morgan fingerprint density at radius 1 is 0.853 bits per heavy atom. The summed E-state index contributed by atoms with van der Waals surface area (Å²) >= 11 is 0. The summed E-state index contributed by atoms with van der Waals surface area (Å²) in [5.74, 6) is 0. The number of ether oxygens (including phenoxy) is 1. The average molecular weight is 490 g/mol. The van der Waals surface area contributed by atoms with Crippen LogP contribution in [0.25, 0.3) is 0 Å². The Kier molecular flexibility index (Phi) is 8.22. The van der Waals surface area contributed by atoms with Gasteiger partial charge in [0.2, 0.25) is 0 Å². The number of carbonyl (C=O) groups is 1. The molecule has 0 saturated carbocycles. The molecular weight excluding hydrogens is 466 g/mol. The molecule has 1 atom stereocenters. The molecule has 34 heavy (non-hydrogen) atoms. The zero-order chi connectivity index (χ0) is 25.7. The molecule has 0 bridgehead atoms. The molecule has 186 valence electrons. The van der Waals surface area contributed by atoms with Crippen molar-refractivity contribution < 1.29 is 40.7 Å². The second kappa shape index (κ2) is 10.4. The highest BCUT2D eigenvalue weighted by atomic mass is 19.4. The molecule has 1 amide bonds. The number of alkyl halides is 6. The first-order valence-corrected chi connectivity index (χ1v) is 10.1. The van der Waals surface area contributed by atoms with Crippen molar-refractivity contribution in [2.45, 2.75) is 45.6 Å². The van der Waals surface area contributed by atoms with E-state index in [2.05, 4.69) is 5.16 Å². The normalized spacial score (nSPS) is 13.2. The Bertz CT molecular complexity index is 932. The zero-order valence-electron chi connectivity index (χ0n) is 18.6. The molecule has 2 aromatic rings. The predicted octanol–water partition coefficient (Wildman–Crippen LogP) is 6.39. The second-order valence-electron chi connectivity index (χ2n) is 8.50. The fraction of sp³-hybridized carbons (Fsp3) is 0.391. The Hall–Kier alpha value is -3.24. The van der Waals surface area contributed by atoms with Crippen LogP contribution in [0.1, 0.15) is 49.4 Å². The number of oxime groups is 1. The quantitative estimate of drug-likeness (QED) is 0.211. The van der Waals surface area contributed by atoms with Gasteiger partial charge >= 0.3 is 18.4 Å². The maximum atomic E-state index is 12.9. The van der Waals surface area contributed by atoms with Gasteiger partial charge in [-0.15, -0.1) is 0 Å². The van der Waals surface area contributed by atoms with Crippen LogP contribution in [0.4, 0.5) is 31.1 Å². The third-order valence-corrected chi connectivity index (χ3v) is 4.82. The molecule has 0 aromatic heterocycles. The predicted molar refractivity (Wildman–Crippen MR) is 113 cm³/mol. The molecule has 0 aliphatic rings. The lowest BCUT2D eigenvalue weighted by Gasteiger charge is -2.29. The molecule has 2 aromatic carbocycles. The smallest absolute Gasteiger partial charge is 0.416 e. The summed E-state index contributed by atoms with van der Waals surface area (Å²) in [6, 6.07) is 7.95. The first-order valence-electron chi connectivity index (χ1n) is 10.1. The molecule has 0 fully saturated rings. The van der Waals surface area contributed by atoms with Gasteiger partial charge < -0.3 is 15.3 Å². The summed E-state index contributed by atoms with van der Waals surface area (Å²) < 4.78 is 82.5. The van der Waals surface area contributed by atoms with Gasteiger partial charge in [-0.2, -0.15) is 26.3 Å². The van der Waals surface area contributed by atoms with Crippen LogP contribution < -0.4 is 5.73 Å². The van der Waals surface area contributed by atoms with E-state index in [-0.39, 0.29) is 29.9 Å². The Balaban J connectivity index is 2.31. The number of primary amides is 1. The molecule has 5 nitrogen and oxygen atoms in total. The maximum Gasteiger partial charge on any atom is 0.416 e. The van der Waals surface area contributed by atoms with Crippen LogP contribution in [-0.2, 0) is 21.9 Å². The van der Waals surface area contributed by atoms with Gasteiger partial charge in [0.1, 0.15) is 18.4 Å². The Morgan fingerprint density at radius 2 is 1.26 bits per heavy atom. The fourth-order valence-corrected chi connectivity index (χ4v) is 2.99. The van der Waals surface area contributed by atoms with E-state index in [1.54, 1.807) is 0 Å². The highest BCUT2D eigenvalue weighted by molar-refractivity contribution is 6.12. The number of benzene rings is 2. The van der Waals surface area contributed by atoms with E-state index < -0.39 is 41.1 Å². The summed E-state index contributed by atoms with van der Waals surface area (Å²) in [5.41, 5.74) is 3.28. The number of nitrogens with two attached hydrogens (primary N) is 1. The minimum atomic E-state index is -4.55. The first kappa shape index (κ1) is 27.0. The van der Waals surface area contributed by atoms with Crippen LogP contribution in [0, 0.1) is 5.41 Å². The van der Waals surface area contributed by atoms with E-state index in [0.717, 1.165) is 48.5 Å². The number of hydrogen-bond acceptors (Lipinski definition) is 4. The van der Waals surface area contributed by atoms with Gasteiger partial charge in [-0.05, 0) is 29.7 Å². The molecule has 2 rings (SSSR count). The van der Waals surface area contributed by atoms with Gasteiger partial charge in [0, 0.05) is 17.5 Å². The Labute approximate surface area is 192 Å². The molecular formula is C23H24F6N2O3. The van der Waals surface area contributed by atoms with E-state index >= 15 is 0 Å². The first-order chi connectivity index (χ1) is 15.6. The van der Waals surface area contributed by atoms with Crippen molar-refractivity contribution in [1.82, 2.24) is 0 Å². The molecule has 11 heteroatoms. The van der Waals surface area contributed by atoms with E-state index in [9.17, 15) is 31.1 Å². The lowest BCUT2D eigenvalue weighted by molar-refractivity contribution is -0.138. The van der Waals surface area contributed by atoms with Crippen LogP contribution in [0.2, 0.25) is 0 Å². The third kappa shape index (κ3) is 7.67. The highest BCUT2D eigenvalue weighted by Gasteiger charge is 2.31. The molecule has 0 heterocycles. The standard InChI is InChI=1S/C23H24F6N2O3/c1-21(2,3)18(34-20(30)32)12-13-33-31-19(14-4-8-16(9-5-14)22(24,25)26)15-6-10-17(11-7-15)23(27,28)29/h4-11,18H,12-13H2,1-3H3,(H2,30,32). The van der Waals surface area contributed by atoms with Crippen molar-refractivity contribution in [2.75, 3.05) is 6.61 Å². The van der Waals surface area contributed by atoms with E-state index in [0.29, 0.717) is 0 Å². The number of carbonyl (C=O) groups excluding carboxylic acids is 1. The topological polar surface area (TPSA) is 73.9 Å². The van der Waals surface area contributed by atoms with Crippen molar-refractivity contribution in [3.05, 3.63) is 70.8 Å². The molecule has 0 spiro atoms. The number of amides is 1. The van der Waals surface area contributed by atoms with Crippen LogP contribution in [0.15, 0.2) is 53.7 Å². The van der Waals surface area contributed by atoms with E-state index in [1.165, 1.54) is 0 Å². The molecule has 1 unspecified atom stereocenters. The van der Waals surface area contributed by atoms with Gasteiger partial charge in [0.25, 0.3) is 0 Å². The van der Waals surface area contributed by atoms with Crippen molar-refractivity contribution >= 4 is 11.8 Å². The molecule has 0 aliphatic carbocycles. The van der Waals surface area contributed by atoms with Crippen molar-refractivity contribution in [3.8, 4) is 0 Å². The van der Waals surface area contributed by atoms with Crippen molar-refractivity contribution in [2.24, 2.45) is 16.3 Å². The van der Waals surface area contributed by atoms with Crippen molar-refractivity contribution in [1.29, 1.82) is 0 Å². The van der Waals surface area contributed by atoms with Gasteiger partial charge in [0.05, 0.1) is 11.1 Å². The second-order valence-corrected chi connectivity index (χ2v) is 8.50. The highest BCUT2D eigenvalue weighted by Crippen LogP contribution is 2.31. The minimum Gasteiger partial charge on any atom is -0.446 e. The zero-order valence-corrected chi connectivity index (χ0v) is 18.6. The summed E-state index contributed by atoms with van der Waals surface area (Å²) in [7, 11) is 0. The van der Waals surface area contributed by atoms with Crippen molar-refractivity contribution in [3.63, 3.8) is 0 Å². The van der Waals surface area contributed by atoms with Crippen LogP contribution in [-0.4, -0.2) is 24.5 Å². The average Bonchev–Trinajstić information content (AvgIpc) is 2.71. The number of rotatable bonds is 7. The third-order valence-electron chi connectivity index (χ3n) is 4.82. The molecule has 0 radical (unpaired) electrons. The van der Waals surface area contributed by atoms with E-state index in [4.69, 9.17) is 15.3 Å². The lowest BCUT2D eigenvalue weighted by atomic mass is 9.87. The SMILES string of the molecule is CC(C)(C)C(CCON=C(c1ccc(C(F)(F)F)cc1)c1ccc(C(F)(F)F)cc1)OC(N)=O. The van der Waals surface area contributed by atoms with E-state index in [1.807, 2.05) is 20.8 Å². The van der Waals surface area contributed by atoms with Crippen LogP contribution >= 0.6 is 0 Å². The summed E-state index contributed by atoms with van der Waals surface area (Å²) in [5, 5.41) is 3.96. The largest absolute Gasteiger partial charge is 0.446 e. The Morgan fingerprint density at radius 3 is 1.59 bits per heavy atom. The van der Waals surface area contributed by atoms with Gasteiger partial charge in [-0.3, -0.25) is 0 Å². The molecule has 2 N–H and O–H groups in total. The fourth-order valence-electron chi connectivity index (χ4n) is 2.99. The molecule has 0 aliphatic heterocycles. The summed E-state index contributed by atoms with van der Waals surface area (Å²) in [6.07, 6.45) is -10.5. The van der Waals surface area contributed by atoms with Crippen LogP contribution in [0.5, 0.6) is 0 Å². The summed E-state index contributed by atoms with van der Waals surface area (Å²) in [6.45, 7) is 5.40. The number of halogens is 6. The number of hydrogen-bond donors (Lipinski definition) is 1. The lowest BCUT2D eigenvalue weighted by Crippen LogP contribution is -2.34. The maximum absolute atomic E-state index is 12.9. The van der Waals surface area contributed by atoms with Crippen LogP contribution in [0.3, 0.4) is 0 Å². The molecule has 0 saturated heterocycles. The number of nitrogens with zero attached hydrogens (tertiary/aromatic N) is 1.